The first-order chi connectivity index (χ1) is 9.82. The van der Waals surface area contributed by atoms with Gasteiger partial charge in [-0.05, 0) is 58.7 Å². The molecule has 2 heterocycles. The molecule has 1 saturated heterocycles. The molecule has 0 aliphatic carbocycles. The smallest absolute Gasteiger partial charge is 0.0681 e. The minimum absolute atomic E-state index is 0.0417. The van der Waals surface area contributed by atoms with Crippen molar-refractivity contribution in [3.63, 3.8) is 0 Å². The van der Waals surface area contributed by atoms with Crippen molar-refractivity contribution in [2.75, 3.05) is 7.05 Å². The Morgan fingerprint density at radius 2 is 1.95 bits per heavy atom. The Hall–Kier alpha value is -0.900. The normalized spacial score (nSPS) is 25.3. The van der Waals surface area contributed by atoms with Gasteiger partial charge in [-0.2, -0.15) is 0 Å². The molecule has 0 radical (unpaired) electrons. The lowest BCUT2D eigenvalue weighted by atomic mass is 9.81. The molecule has 3 heteroatoms. The van der Waals surface area contributed by atoms with Gasteiger partial charge in [0.05, 0.1) is 11.2 Å². The lowest BCUT2D eigenvalue weighted by Gasteiger charge is -2.32. The van der Waals surface area contributed by atoms with Crippen LogP contribution in [-0.2, 0) is 4.74 Å². The number of thiophene rings is 1. The summed E-state index contributed by atoms with van der Waals surface area (Å²) >= 11 is 1.90. The van der Waals surface area contributed by atoms with E-state index < -0.39 is 0 Å². The fourth-order valence-electron chi connectivity index (χ4n) is 3.82. The minimum atomic E-state index is -0.104. The molecule has 1 fully saturated rings. The predicted molar refractivity (Wildman–Crippen MR) is 91.0 cm³/mol. The average molecular weight is 303 g/mol. The molecule has 21 heavy (non-hydrogen) atoms. The van der Waals surface area contributed by atoms with Crippen molar-refractivity contribution >= 4 is 21.4 Å². The molecular weight excluding hydrogens is 278 g/mol. The summed E-state index contributed by atoms with van der Waals surface area (Å²) in [6.45, 7) is 8.85. The second kappa shape index (κ2) is 5.08. The van der Waals surface area contributed by atoms with Crippen LogP contribution in [0.2, 0.25) is 0 Å². The highest BCUT2D eigenvalue weighted by Gasteiger charge is 2.49. The Labute approximate surface area is 131 Å². The van der Waals surface area contributed by atoms with Crippen molar-refractivity contribution in [1.29, 1.82) is 0 Å². The van der Waals surface area contributed by atoms with Gasteiger partial charge in [-0.15, -0.1) is 11.3 Å². The van der Waals surface area contributed by atoms with Gasteiger partial charge in [-0.3, -0.25) is 0 Å². The Bertz CT molecular complexity index is 610. The molecule has 2 nitrogen and oxygen atoms in total. The highest BCUT2D eigenvalue weighted by Crippen LogP contribution is 2.49. The van der Waals surface area contributed by atoms with Gasteiger partial charge in [0, 0.05) is 21.5 Å². The summed E-state index contributed by atoms with van der Waals surface area (Å²) in [6.07, 6.45) is 1.08. The Kier molecular flexibility index (Phi) is 3.63. The van der Waals surface area contributed by atoms with Gasteiger partial charge in [0.2, 0.25) is 0 Å². The molecule has 2 atom stereocenters. The van der Waals surface area contributed by atoms with Crippen LogP contribution in [-0.4, -0.2) is 18.2 Å². The van der Waals surface area contributed by atoms with Crippen LogP contribution in [0, 0.1) is 5.92 Å². The van der Waals surface area contributed by atoms with E-state index in [1.54, 1.807) is 0 Å². The van der Waals surface area contributed by atoms with E-state index in [0.717, 1.165) is 6.42 Å². The van der Waals surface area contributed by atoms with Gasteiger partial charge >= 0.3 is 0 Å². The van der Waals surface area contributed by atoms with Crippen molar-refractivity contribution in [2.45, 2.75) is 51.4 Å². The zero-order chi connectivity index (χ0) is 15.3. The first-order valence-corrected chi connectivity index (χ1v) is 8.50. The van der Waals surface area contributed by atoms with E-state index in [2.05, 4.69) is 70.4 Å². The molecule has 0 spiro atoms. The number of rotatable bonds is 3. The van der Waals surface area contributed by atoms with Crippen LogP contribution in [0.3, 0.4) is 0 Å². The molecule has 1 aliphatic heterocycles. The highest BCUT2D eigenvalue weighted by atomic mass is 32.1. The first-order valence-electron chi connectivity index (χ1n) is 7.68. The summed E-state index contributed by atoms with van der Waals surface area (Å²) in [5, 5.41) is 4.89. The van der Waals surface area contributed by atoms with Crippen molar-refractivity contribution in [3.05, 3.63) is 35.2 Å². The fourth-order valence-corrected chi connectivity index (χ4v) is 5.06. The molecule has 114 valence electrons. The standard InChI is InChI=1S/C18H25NOS/c1-17(2)11-13(18(3,4)20-17)16(19-5)15-10-12-8-6-7-9-14(12)21-15/h6-10,13,16,19H,11H2,1-5H3. The second-order valence-electron chi connectivity index (χ2n) is 7.23. The van der Waals surface area contributed by atoms with Crippen LogP contribution in [0.4, 0.5) is 0 Å². The maximum Gasteiger partial charge on any atom is 0.0681 e. The molecule has 3 rings (SSSR count). The van der Waals surface area contributed by atoms with E-state index in [4.69, 9.17) is 4.74 Å². The number of hydrogen-bond acceptors (Lipinski definition) is 3. The van der Waals surface area contributed by atoms with Crippen LogP contribution in [0.25, 0.3) is 10.1 Å². The Balaban J connectivity index is 1.98. The molecule has 2 aromatic rings. The van der Waals surface area contributed by atoms with Crippen molar-refractivity contribution in [1.82, 2.24) is 5.32 Å². The van der Waals surface area contributed by atoms with E-state index >= 15 is 0 Å². The summed E-state index contributed by atoms with van der Waals surface area (Å²) in [7, 11) is 2.07. The van der Waals surface area contributed by atoms with E-state index in [1.165, 1.54) is 15.0 Å². The number of nitrogens with one attached hydrogen (secondary N) is 1. The third kappa shape index (κ3) is 2.75. The van der Waals surface area contributed by atoms with Crippen molar-refractivity contribution in [3.8, 4) is 0 Å². The number of benzene rings is 1. The summed E-state index contributed by atoms with van der Waals surface area (Å²) in [5.41, 5.74) is -0.146. The molecule has 1 aromatic heterocycles. The molecule has 0 saturated carbocycles. The molecule has 1 aromatic carbocycles. The number of fused-ring (bicyclic) bond motifs is 1. The molecule has 1 N–H and O–H groups in total. The first kappa shape index (κ1) is 15.0. The third-order valence-corrected chi connectivity index (χ3v) is 5.81. The molecular formula is C18H25NOS. The van der Waals surface area contributed by atoms with Gasteiger partial charge in [0.25, 0.3) is 0 Å². The van der Waals surface area contributed by atoms with Crippen LogP contribution in [0.15, 0.2) is 30.3 Å². The zero-order valence-corrected chi connectivity index (χ0v) is 14.4. The zero-order valence-electron chi connectivity index (χ0n) is 13.6. The Morgan fingerprint density at radius 1 is 1.24 bits per heavy atom. The van der Waals surface area contributed by atoms with Gasteiger partial charge < -0.3 is 10.1 Å². The predicted octanol–water partition coefficient (Wildman–Crippen LogP) is 4.76. The molecule has 0 bridgehead atoms. The lowest BCUT2D eigenvalue weighted by molar-refractivity contribution is -0.0775. The summed E-state index contributed by atoms with van der Waals surface area (Å²) in [5.74, 6) is 0.477. The van der Waals surface area contributed by atoms with Crippen LogP contribution in [0.5, 0.6) is 0 Å². The van der Waals surface area contributed by atoms with E-state index in [9.17, 15) is 0 Å². The molecule has 2 unspecified atom stereocenters. The third-order valence-electron chi connectivity index (χ3n) is 4.61. The van der Waals surface area contributed by atoms with Crippen LogP contribution < -0.4 is 5.32 Å². The molecule has 0 amide bonds. The summed E-state index contributed by atoms with van der Waals surface area (Å²) in [4.78, 5) is 1.41. The quantitative estimate of drug-likeness (QED) is 0.883. The molecule has 1 aliphatic rings. The maximum absolute atomic E-state index is 6.29. The second-order valence-corrected chi connectivity index (χ2v) is 8.34. The van der Waals surface area contributed by atoms with Crippen LogP contribution in [0.1, 0.15) is 45.0 Å². The van der Waals surface area contributed by atoms with Crippen LogP contribution >= 0.6 is 11.3 Å². The topological polar surface area (TPSA) is 21.3 Å². The van der Waals surface area contributed by atoms with Gasteiger partial charge in [-0.25, -0.2) is 0 Å². The van der Waals surface area contributed by atoms with Crippen molar-refractivity contribution < 1.29 is 4.74 Å². The average Bonchev–Trinajstić information content (AvgIpc) is 2.88. The van der Waals surface area contributed by atoms with E-state index in [0.29, 0.717) is 12.0 Å². The minimum Gasteiger partial charge on any atom is -0.369 e. The number of ether oxygens (including phenoxy) is 1. The van der Waals surface area contributed by atoms with Crippen molar-refractivity contribution in [2.24, 2.45) is 5.92 Å². The fraction of sp³-hybridized carbons (Fsp3) is 0.556. The van der Waals surface area contributed by atoms with Gasteiger partial charge in [0.15, 0.2) is 0 Å². The summed E-state index contributed by atoms with van der Waals surface area (Å²) < 4.78 is 7.66. The monoisotopic (exact) mass is 303 g/mol. The van der Waals surface area contributed by atoms with Gasteiger partial charge in [-0.1, -0.05) is 18.2 Å². The summed E-state index contributed by atoms with van der Waals surface area (Å²) in [6, 6.07) is 11.3. The maximum atomic E-state index is 6.29. The lowest BCUT2D eigenvalue weighted by Crippen LogP contribution is -2.36. The van der Waals surface area contributed by atoms with E-state index in [-0.39, 0.29) is 11.2 Å². The SMILES string of the molecule is CNC(c1cc2ccccc2s1)C1CC(C)(C)OC1(C)C. The number of hydrogen-bond donors (Lipinski definition) is 1. The highest BCUT2D eigenvalue weighted by molar-refractivity contribution is 7.19. The van der Waals surface area contributed by atoms with Gasteiger partial charge in [0.1, 0.15) is 0 Å². The Morgan fingerprint density at radius 3 is 2.52 bits per heavy atom. The van der Waals surface area contributed by atoms with E-state index in [1.807, 2.05) is 11.3 Å². The largest absolute Gasteiger partial charge is 0.369 e.